The number of halogens is 2. The first-order chi connectivity index (χ1) is 18.6. The monoisotopic (exact) mass is 573 g/mol. The van der Waals surface area contributed by atoms with Gasteiger partial charge in [0, 0.05) is 17.6 Å². The van der Waals surface area contributed by atoms with E-state index in [1.165, 1.54) is 29.2 Å². The fourth-order valence-corrected chi connectivity index (χ4v) is 5.66. The molecule has 3 aromatic rings. The molecule has 0 unspecified atom stereocenters. The maximum Gasteiger partial charge on any atom is 0.264 e. The maximum absolute atomic E-state index is 14.0. The van der Waals surface area contributed by atoms with Crippen LogP contribution in [0.3, 0.4) is 0 Å². The van der Waals surface area contributed by atoms with Gasteiger partial charge in [-0.15, -0.1) is 0 Å². The van der Waals surface area contributed by atoms with Crippen LogP contribution in [0.4, 0.5) is 10.1 Å². The molecule has 0 spiro atoms. The average molecular weight is 574 g/mol. The second-order valence-corrected chi connectivity index (χ2v) is 11.4. The SMILES string of the molecule is CC[C@@H](C)NC(=O)[C@H](CC)N(Cc1ccccc1Cl)C(=O)CN(c1ccc(F)cc1)S(=O)(=O)c1ccccc1. The van der Waals surface area contributed by atoms with Crippen molar-refractivity contribution in [3.05, 3.63) is 95.3 Å². The zero-order chi connectivity index (χ0) is 28.6. The van der Waals surface area contributed by atoms with E-state index in [2.05, 4.69) is 5.32 Å². The summed E-state index contributed by atoms with van der Waals surface area (Å²) in [6.07, 6.45) is 0.995. The van der Waals surface area contributed by atoms with E-state index in [9.17, 15) is 22.4 Å². The van der Waals surface area contributed by atoms with E-state index in [0.29, 0.717) is 23.4 Å². The summed E-state index contributed by atoms with van der Waals surface area (Å²) in [7, 11) is -4.22. The summed E-state index contributed by atoms with van der Waals surface area (Å²) in [6, 6.07) is 18.5. The second kappa shape index (κ2) is 13.6. The van der Waals surface area contributed by atoms with E-state index in [1.807, 2.05) is 13.8 Å². The number of amides is 2. The number of nitrogens with zero attached hydrogens (tertiary/aromatic N) is 2. The molecular weight excluding hydrogens is 541 g/mol. The zero-order valence-electron chi connectivity index (χ0n) is 22.2. The number of anilines is 1. The van der Waals surface area contributed by atoms with Crippen LogP contribution in [0.2, 0.25) is 5.02 Å². The molecule has 208 valence electrons. The maximum atomic E-state index is 14.0. The van der Waals surface area contributed by atoms with Crippen LogP contribution in [0.15, 0.2) is 83.8 Å². The molecule has 0 fully saturated rings. The van der Waals surface area contributed by atoms with E-state index < -0.39 is 34.3 Å². The lowest BCUT2D eigenvalue weighted by Crippen LogP contribution is -2.53. The quantitative estimate of drug-likeness (QED) is 0.314. The number of sulfonamides is 1. The van der Waals surface area contributed by atoms with E-state index in [1.54, 1.807) is 49.4 Å². The van der Waals surface area contributed by atoms with Crippen LogP contribution in [0.25, 0.3) is 0 Å². The minimum atomic E-state index is -4.22. The first-order valence-electron chi connectivity index (χ1n) is 12.7. The van der Waals surface area contributed by atoms with Gasteiger partial charge in [0.25, 0.3) is 10.0 Å². The normalized spacial score (nSPS) is 12.8. The summed E-state index contributed by atoms with van der Waals surface area (Å²) in [5.74, 6) is -1.49. The lowest BCUT2D eigenvalue weighted by Gasteiger charge is -2.34. The van der Waals surface area contributed by atoms with Gasteiger partial charge in [0.15, 0.2) is 0 Å². The van der Waals surface area contributed by atoms with E-state index in [0.717, 1.165) is 16.4 Å². The highest BCUT2D eigenvalue weighted by molar-refractivity contribution is 7.92. The van der Waals surface area contributed by atoms with E-state index in [-0.39, 0.29) is 29.1 Å². The van der Waals surface area contributed by atoms with Crippen molar-refractivity contribution in [3.8, 4) is 0 Å². The van der Waals surface area contributed by atoms with Crippen LogP contribution in [-0.2, 0) is 26.2 Å². The highest BCUT2D eigenvalue weighted by Crippen LogP contribution is 2.26. The summed E-state index contributed by atoms with van der Waals surface area (Å²) in [6.45, 7) is 4.97. The second-order valence-electron chi connectivity index (χ2n) is 9.16. The molecule has 1 N–H and O–H groups in total. The Labute approximate surface area is 234 Å². The number of nitrogens with one attached hydrogen (secondary N) is 1. The third-order valence-electron chi connectivity index (χ3n) is 6.41. The van der Waals surface area contributed by atoms with Crippen molar-refractivity contribution in [1.82, 2.24) is 10.2 Å². The van der Waals surface area contributed by atoms with Gasteiger partial charge in [0.05, 0.1) is 10.6 Å². The molecule has 10 heteroatoms. The topological polar surface area (TPSA) is 86.8 Å². The Morgan fingerprint density at radius 1 is 0.923 bits per heavy atom. The molecule has 2 atom stereocenters. The van der Waals surface area contributed by atoms with Gasteiger partial charge in [-0.05, 0) is 67.8 Å². The van der Waals surface area contributed by atoms with Gasteiger partial charge in [-0.25, -0.2) is 12.8 Å². The van der Waals surface area contributed by atoms with Crippen LogP contribution in [0.5, 0.6) is 0 Å². The highest BCUT2D eigenvalue weighted by Gasteiger charge is 2.34. The standard InChI is InChI=1S/C29H33ClFN3O4S/c1-4-21(3)32-29(36)27(5-2)33(19-22-11-9-10-14-26(22)30)28(35)20-34(24-17-15-23(31)16-18-24)39(37,38)25-12-7-6-8-13-25/h6-18,21,27H,4-5,19-20H2,1-3H3,(H,32,36)/t21-,27+/m1/s1. The summed E-state index contributed by atoms with van der Waals surface area (Å²) < 4.78 is 42.1. The Hall–Kier alpha value is -3.43. The van der Waals surface area contributed by atoms with Crippen molar-refractivity contribution < 1.29 is 22.4 Å². The predicted octanol–water partition coefficient (Wildman–Crippen LogP) is 5.40. The highest BCUT2D eigenvalue weighted by atomic mass is 35.5. The summed E-state index contributed by atoms with van der Waals surface area (Å²) in [5.41, 5.74) is 0.727. The molecule has 0 bridgehead atoms. The molecule has 0 aliphatic rings. The number of carbonyl (C=O) groups excluding carboxylic acids is 2. The summed E-state index contributed by atoms with van der Waals surface area (Å²) >= 11 is 6.40. The molecular formula is C29H33ClFN3O4S. The third kappa shape index (κ3) is 7.58. The Balaban J connectivity index is 2.05. The van der Waals surface area contributed by atoms with Gasteiger partial charge in [-0.3, -0.25) is 13.9 Å². The number of benzene rings is 3. The van der Waals surface area contributed by atoms with Crippen molar-refractivity contribution in [2.24, 2.45) is 0 Å². The number of rotatable bonds is 12. The van der Waals surface area contributed by atoms with Crippen molar-refractivity contribution in [2.75, 3.05) is 10.8 Å². The average Bonchev–Trinajstić information content (AvgIpc) is 2.93. The van der Waals surface area contributed by atoms with Gasteiger partial charge in [0.2, 0.25) is 11.8 Å². The first-order valence-corrected chi connectivity index (χ1v) is 14.6. The smallest absolute Gasteiger partial charge is 0.264 e. The van der Waals surface area contributed by atoms with Crippen molar-refractivity contribution >= 4 is 39.1 Å². The van der Waals surface area contributed by atoms with Gasteiger partial charge < -0.3 is 10.2 Å². The Morgan fingerprint density at radius 3 is 2.13 bits per heavy atom. The van der Waals surface area contributed by atoms with Crippen LogP contribution in [-0.4, -0.2) is 43.8 Å². The largest absolute Gasteiger partial charge is 0.352 e. The fraction of sp³-hybridized carbons (Fsp3) is 0.310. The molecule has 3 aromatic carbocycles. The van der Waals surface area contributed by atoms with Gasteiger partial charge in [-0.1, -0.05) is 61.8 Å². The molecule has 0 aromatic heterocycles. The molecule has 0 radical (unpaired) electrons. The van der Waals surface area contributed by atoms with Gasteiger partial charge in [0.1, 0.15) is 18.4 Å². The molecule has 0 heterocycles. The Kier molecular flexibility index (Phi) is 10.5. The fourth-order valence-electron chi connectivity index (χ4n) is 4.03. The van der Waals surface area contributed by atoms with Crippen LogP contribution in [0, 0.1) is 5.82 Å². The Bertz CT molecular complexity index is 1370. The molecule has 0 aliphatic carbocycles. The van der Waals surface area contributed by atoms with Crippen LogP contribution in [0.1, 0.15) is 39.2 Å². The Morgan fingerprint density at radius 2 is 1.54 bits per heavy atom. The minimum absolute atomic E-state index is 0.00637. The molecule has 3 rings (SSSR count). The number of carbonyl (C=O) groups is 2. The van der Waals surface area contributed by atoms with Gasteiger partial charge in [-0.2, -0.15) is 0 Å². The summed E-state index contributed by atoms with van der Waals surface area (Å²) in [4.78, 5) is 28.6. The van der Waals surface area contributed by atoms with Crippen molar-refractivity contribution in [3.63, 3.8) is 0 Å². The predicted molar refractivity (Wildman–Crippen MR) is 151 cm³/mol. The van der Waals surface area contributed by atoms with Crippen LogP contribution < -0.4 is 9.62 Å². The lowest BCUT2D eigenvalue weighted by atomic mass is 10.1. The summed E-state index contributed by atoms with van der Waals surface area (Å²) in [5, 5.41) is 3.34. The minimum Gasteiger partial charge on any atom is -0.352 e. The molecule has 0 saturated heterocycles. The number of hydrogen-bond donors (Lipinski definition) is 1. The van der Waals surface area contributed by atoms with Crippen LogP contribution >= 0.6 is 11.6 Å². The van der Waals surface area contributed by atoms with E-state index >= 15 is 0 Å². The molecule has 39 heavy (non-hydrogen) atoms. The molecule has 0 saturated carbocycles. The lowest BCUT2D eigenvalue weighted by molar-refractivity contribution is -0.140. The molecule has 7 nitrogen and oxygen atoms in total. The molecule has 2 amide bonds. The molecule has 0 aliphatic heterocycles. The zero-order valence-corrected chi connectivity index (χ0v) is 23.8. The number of hydrogen-bond acceptors (Lipinski definition) is 4. The first kappa shape index (κ1) is 30.1. The van der Waals surface area contributed by atoms with E-state index in [4.69, 9.17) is 11.6 Å². The van der Waals surface area contributed by atoms with Crippen molar-refractivity contribution in [2.45, 2.75) is 57.1 Å². The third-order valence-corrected chi connectivity index (χ3v) is 8.57. The van der Waals surface area contributed by atoms with Gasteiger partial charge >= 0.3 is 0 Å². The van der Waals surface area contributed by atoms with Crippen molar-refractivity contribution in [1.29, 1.82) is 0 Å².